The van der Waals surface area contributed by atoms with Gasteiger partial charge in [-0.1, -0.05) is 29.5 Å². The van der Waals surface area contributed by atoms with E-state index in [4.69, 9.17) is 4.74 Å². The summed E-state index contributed by atoms with van der Waals surface area (Å²) in [6, 6.07) is 11.3. The first-order valence-corrected chi connectivity index (χ1v) is 8.74. The van der Waals surface area contributed by atoms with Gasteiger partial charge in [-0.25, -0.2) is 4.98 Å². The molecule has 0 aliphatic carbocycles. The zero-order chi connectivity index (χ0) is 17.9. The molecule has 0 spiro atoms. The fraction of sp³-hybridized carbons (Fsp3) is 0.111. The third-order valence-corrected chi connectivity index (χ3v) is 4.77. The highest BCUT2D eigenvalue weighted by atomic mass is 32.1. The molecule has 26 heavy (non-hydrogen) atoms. The molecule has 0 aliphatic heterocycles. The van der Waals surface area contributed by atoms with Crippen LogP contribution in [0.4, 0.5) is 5.13 Å². The summed E-state index contributed by atoms with van der Waals surface area (Å²) < 4.78 is 5.28. The normalized spacial score (nSPS) is 10.8. The lowest BCUT2D eigenvalue weighted by molar-refractivity contribution is -0.115. The van der Waals surface area contributed by atoms with E-state index in [0.29, 0.717) is 10.9 Å². The van der Waals surface area contributed by atoms with Gasteiger partial charge in [-0.3, -0.25) is 4.79 Å². The van der Waals surface area contributed by atoms with Crippen molar-refractivity contribution in [1.82, 2.24) is 20.2 Å². The summed E-state index contributed by atoms with van der Waals surface area (Å²) in [6.45, 7) is 0. The Kier molecular flexibility index (Phi) is 4.32. The van der Waals surface area contributed by atoms with Crippen LogP contribution in [0.3, 0.4) is 0 Å². The van der Waals surface area contributed by atoms with E-state index in [1.807, 2.05) is 42.6 Å². The number of para-hydroxylation sites is 1. The molecule has 0 saturated carbocycles. The zero-order valence-corrected chi connectivity index (χ0v) is 14.7. The maximum Gasteiger partial charge on any atom is 0.230 e. The molecule has 0 fully saturated rings. The number of pyridine rings is 1. The van der Waals surface area contributed by atoms with Gasteiger partial charge in [0.2, 0.25) is 11.0 Å². The Balaban J connectivity index is 1.51. The van der Waals surface area contributed by atoms with Crippen molar-refractivity contribution in [1.29, 1.82) is 0 Å². The topological polar surface area (TPSA) is 92.8 Å². The minimum atomic E-state index is -0.169. The number of benzene rings is 1. The van der Waals surface area contributed by atoms with Gasteiger partial charge in [0.25, 0.3) is 0 Å². The van der Waals surface area contributed by atoms with Crippen LogP contribution in [0, 0.1) is 0 Å². The van der Waals surface area contributed by atoms with Crippen LogP contribution in [-0.4, -0.2) is 33.2 Å². The molecule has 0 atom stereocenters. The second-order valence-corrected chi connectivity index (χ2v) is 6.53. The van der Waals surface area contributed by atoms with Crippen molar-refractivity contribution < 1.29 is 9.53 Å². The van der Waals surface area contributed by atoms with Gasteiger partial charge in [0, 0.05) is 28.9 Å². The maximum atomic E-state index is 12.3. The van der Waals surface area contributed by atoms with E-state index in [-0.39, 0.29) is 12.3 Å². The highest BCUT2D eigenvalue weighted by Crippen LogP contribution is 2.31. The molecule has 1 aromatic carbocycles. The lowest BCUT2D eigenvalue weighted by Crippen LogP contribution is -2.14. The van der Waals surface area contributed by atoms with Crippen LogP contribution in [0.15, 0.2) is 48.8 Å². The van der Waals surface area contributed by atoms with Crippen LogP contribution < -0.4 is 10.1 Å². The van der Waals surface area contributed by atoms with Crippen LogP contribution >= 0.6 is 11.3 Å². The highest BCUT2D eigenvalue weighted by molar-refractivity contribution is 7.18. The Morgan fingerprint density at radius 1 is 1.23 bits per heavy atom. The van der Waals surface area contributed by atoms with Crippen LogP contribution in [0.2, 0.25) is 0 Å². The molecule has 1 amide bonds. The Morgan fingerprint density at radius 2 is 2.12 bits per heavy atom. The second kappa shape index (κ2) is 6.93. The number of hydrogen-bond donors (Lipinski definition) is 2. The fourth-order valence-electron chi connectivity index (χ4n) is 2.70. The first-order valence-electron chi connectivity index (χ1n) is 7.92. The van der Waals surface area contributed by atoms with Crippen molar-refractivity contribution in [3.05, 3.63) is 54.4 Å². The summed E-state index contributed by atoms with van der Waals surface area (Å²) in [5.74, 6) is 0.518. The number of nitrogens with one attached hydrogen (secondary N) is 2. The van der Waals surface area contributed by atoms with Crippen LogP contribution in [0.25, 0.3) is 21.6 Å². The molecule has 8 heteroatoms. The predicted octanol–water partition coefficient (Wildman–Crippen LogP) is 3.27. The number of fused-ring (bicyclic) bond motifs is 1. The summed E-state index contributed by atoms with van der Waals surface area (Å²) in [5.41, 5.74) is 2.52. The van der Waals surface area contributed by atoms with Gasteiger partial charge in [-0.05, 0) is 18.2 Å². The van der Waals surface area contributed by atoms with E-state index >= 15 is 0 Å². The van der Waals surface area contributed by atoms with Crippen molar-refractivity contribution in [2.45, 2.75) is 6.42 Å². The van der Waals surface area contributed by atoms with Gasteiger partial charge in [-0.2, -0.15) is 0 Å². The molecule has 2 N–H and O–H groups in total. The first-order chi connectivity index (χ1) is 12.7. The Bertz CT molecular complexity index is 1070. The number of aromatic nitrogens is 4. The van der Waals surface area contributed by atoms with E-state index in [1.165, 1.54) is 11.3 Å². The fourth-order valence-corrected chi connectivity index (χ4v) is 3.49. The lowest BCUT2D eigenvalue weighted by atomic mass is 10.1. The number of ether oxygens (including phenoxy) is 1. The van der Waals surface area contributed by atoms with Gasteiger partial charge in [0.1, 0.15) is 11.4 Å². The number of H-pyrrole nitrogens is 1. The highest BCUT2D eigenvalue weighted by Gasteiger charge is 2.14. The first kappa shape index (κ1) is 16.2. The average molecular weight is 365 g/mol. The predicted molar refractivity (Wildman–Crippen MR) is 100 cm³/mol. The van der Waals surface area contributed by atoms with Crippen LogP contribution in [-0.2, 0) is 11.2 Å². The number of amides is 1. The van der Waals surface area contributed by atoms with Gasteiger partial charge in [0.15, 0.2) is 5.01 Å². The van der Waals surface area contributed by atoms with Crippen molar-refractivity contribution in [2.24, 2.45) is 0 Å². The lowest BCUT2D eigenvalue weighted by Gasteiger charge is -2.07. The number of carbonyl (C=O) groups excluding carboxylic acids is 1. The molecule has 130 valence electrons. The third kappa shape index (κ3) is 3.14. The molecule has 4 rings (SSSR count). The number of anilines is 1. The Morgan fingerprint density at radius 3 is 3.00 bits per heavy atom. The Hall–Kier alpha value is -3.26. The summed E-state index contributed by atoms with van der Waals surface area (Å²) >= 11 is 1.32. The molecule has 0 radical (unpaired) electrons. The summed E-state index contributed by atoms with van der Waals surface area (Å²) in [6.07, 6.45) is 3.78. The molecule has 0 unspecified atom stereocenters. The van der Waals surface area contributed by atoms with E-state index in [1.54, 1.807) is 13.3 Å². The smallest absolute Gasteiger partial charge is 0.230 e. The zero-order valence-electron chi connectivity index (χ0n) is 13.9. The number of methoxy groups -OCH3 is 1. The summed E-state index contributed by atoms with van der Waals surface area (Å²) in [5, 5.41) is 13.2. The minimum absolute atomic E-state index is 0.169. The van der Waals surface area contributed by atoms with Gasteiger partial charge in [0.05, 0.1) is 13.5 Å². The molecule has 4 aromatic rings. The number of hydrogen-bond acceptors (Lipinski definition) is 6. The van der Waals surface area contributed by atoms with E-state index in [9.17, 15) is 4.79 Å². The summed E-state index contributed by atoms with van der Waals surface area (Å²) in [4.78, 5) is 19.7. The monoisotopic (exact) mass is 365 g/mol. The minimum Gasteiger partial charge on any atom is -0.496 e. The molecule has 0 aliphatic rings. The van der Waals surface area contributed by atoms with Crippen LogP contribution in [0.1, 0.15) is 5.56 Å². The van der Waals surface area contributed by atoms with Crippen molar-refractivity contribution in [3.8, 4) is 16.3 Å². The molecule has 0 bridgehead atoms. The standard InChI is InChI=1S/C18H15N5O2S/c1-25-14-7-3-2-5-11(14)9-15(24)21-18-23-22-17(26-18)13-10-20-16-12(13)6-4-8-19-16/h2-8,10H,9H2,1H3,(H,19,20)(H,21,23,24). The van der Waals surface area contributed by atoms with Gasteiger partial charge < -0.3 is 15.0 Å². The van der Waals surface area contributed by atoms with Crippen molar-refractivity contribution in [3.63, 3.8) is 0 Å². The molecule has 0 saturated heterocycles. The average Bonchev–Trinajstić information content (AvgIpc) is 3.28. The van der Waals surface area contributed by atoms with Crippen molar-refractivity contribution in [2.75, 3.05) is 12.4 Å². The third-order valence-electron chi connectivity index (χ3n) is 3.90. The van der Waals surface area contributed by atoms with Crippen LogP contribution in [0.5, 0.6) is 5.75 Å². The molecule has 3 aromatic heterocycles. The van der Waals surface area contributed by atoms with Gasteiger partial charge in [-0.15, -0.1) is 10.2 Å². The van der Waals surface area contributed by atoms with E-state index in [0.717, 1.165) is 27.2 Å². The summed E-state index contributed by atoms with van der Waals surface area (Å²) in [7, 11) is 1.59. The molecular weight excluding hydrogens is 350 g/mol. The largest absolute Gasteiger partial charge is 0.496 e. The maximum absolute atomic E-state index is 12.3. The molecular formula is C18H15N5O2S. The van der Waals surface area contributed by atoms with Crippen molar-refractivity contribution >= 4 is 33.4 Å². The Labute approximate surface area is 153 Å². The number of aromatic amines is 1. The number of rotatable bonds is 5. The van der Waals surface area contributed by atoms with E-state index < -0.39 is 0 Å². The van der Waals surface area contributed by atoms with E-state index in [2.05, 4.69) is 25.5 Å². The van der Waals surface area contributed by atoms with Gasteiger partial charge >= 0.3 is 0 Å². The SMILES string of the molecule is COc1ccccc1CC(=O)Nc1nnc(-c2c[nH]c3ncccc23)s1. The second-order valence-electron chi connectivity index (χ2n) is 5.55. The molecule has 3 heterocycles. The number of carbonyl (C=O) groups is 1. The quantitative estimate of drug-likeness (QED) is 0.566. The molecule has 7 nitrogen and oxygen atoms in total. The number of nitrogens with zero attached hydrogens (tertiary/aromatic N) is 3.